The molecule has 0 spiro atoms. The van der Waals surface area contributed by atoms with Crippen LogP contribution in [0.25, 0.3) is 22.5 Å². The lowest BCUT2D eigenvalue weighted by molar-refractivity contribution is -0.274. The van der Waals surface area contributed by atoms with Crippen LogP contribution in [-0.2, 0) is 9.84 Å². The molecule has 0 saturated carbocycles. The van der Waals surface area contributed by atoms with E-state index in [-0.39, 0.29) is 22.5 Å². The predicted octanol–water partition coefficient (Wildman–Crippen LogP) is 5.12. The van der Waals surface area contributed by atoms with Crippen molar-refractivity contribution in [2.24, 2.45) is 0 Å². The third-order valence-corrected chi connectivity index (χ3v) is 5.04. The van der Waals surface area contributed by atoms with Gasteiger partial charge in [0.1, 0.15) is 16.5 Å². The number of H-pyrrole nitrogens is 1. The van der Waals surface area contributed by atoms with E-state index in [4.69, 9.17) is 0 Å². The van der Waals surface area contributed by atoms with Crippen LogP contribution in [0.5, 0.6) is 5.75 Å². The van der Waals surface area contributed by atoms with Crippen molar-refractivity contribution in [3.05, 3.63) is 54.1 Å². The first kappa shape index (κ1) is 21.7. The summed E-state index contributed by atoms with van der Waals surface area (Å²) in [6, 6.07) is 7.29. The maximum atomic E-state index is 14.3. The minimum Gasteiger partial charge on any atom is -0.406 e. The van der Waals surface area contributed by atoms with Crippen LogP contribution in [0.2, 0.25) is 0 Å². The van der Waals surface area contributed by atoms with Crippen molar-refractivity contribution in [1.82, 2.24) is 9.97 Å². The van der Waals surface area contributed by atoms with E-state index < -0.39 is 44.9 Å². The second-order valence-electron chi connectivity index (χ2n) is 6.14. The molecule has 2 aromatic carbocycles. The number of sulfone groups is 1. The Balaban J connectivity index is 2.08. The fourth-order valence-corrected chi connectivity index (χ4v) is 3.41. The van der Waals surface area contributed by atoms with Crippen LogP contribution in [-0.4, -0.2) is 31.0 Å². The molecule has 12 heteroatoms. The van der Waals surface area contributed by atoms with E-state index in [1.807, 2.05) is 0 Å². The molecule has 0 aliphatic carbocycles. The zero-order valence-electron chi connectivity index (χ0n) is 15.0. The zero-order chi connectivity index (χ0) is 22.3. The molecule has 0 amide bonds. The zero-order valence-corrected chi connectivity index (χ0v) is 15.8. The summed E-state index contributed by atoms with van der Waals surface area (Å²) in [5, 5.41) is 0. The summed E-state index contributed by atoms with van der Waals surface area (Å²) in [5.41, 5.74) is 0.0179. The van der Waals surface area contributed by atoms with Gasteiger partial charge in [-0.1, -0.05) is 6.07 Å². The number of hydrogen-bond acceptors (Lipinski definition) is 4. The van der Waals surface area contributed by atoms with Gasteiger partial charge in [0.25, 0.3) is 6.43 Å². The molecule has 0 aliphatic heterocycles. The Bertz CT molecular complexity index is 1170. The van der Waals surface area contributed by atoms with Gasteiger partial charge in [0.2, 0.25) is 0 Å². The number of ether oxygens (including phenoxy) is 1. The number of nitrogens with zero attached hydrogens (tertiary/aromatic N) is 1. The summed E-state index contributed by atoms with van der Waals surface area (Å²) in [6.07, 6.45) is -7.10. The van der Waals surface area contributed by atoms with Crippen molar-refractivity contribution in [3.63, 3.8) is 0 Å². The molecule has 0 unspecified atom stereocenters. The Hall–Kier alpha value is -3.02. The molecule has 1 heterocycles. The lowest BCUT2D eigenvalue weighted by Gasteiger charge is -2.09. The van der Waals surface area contributed by atoms with Crippen LogP contribution in [0.4, 0.5) is 26.3 Å². The fraction of sp³-hybridized carbons (Fsp3) is 0.167. The summed E-state index contributed by atoms with van der Waals surface area (Å²) >= 11 is 0. The van der Waals surface area contributed by atoms with Gasteiger partial charge in [0, 0.05) is 17.4 Å². The molecule has 0 fully saturated rings. The number of alkyl halides is 5. The van der Waals surface area contributed by atoms with Gasteiger partial charge in [-0.2, -0.15) is 0 Å². The second-order valence-corrected chi connectivity index (χ2v) is 8.12. The van der Waals surface area contributed by atoms with Crippen LogP contribution < -0.4 is 4.74 Å². The molecular weight excluding hydrogens is 438 g/mol. The van der Waals surface area contributed by atoms with Crippen LogP contribution in [0, 0.1) is 5.82 Å². The Kier molecular flexibility index (Phi) is 5.54. The van der Waals surface area contributed by atoms with Gasteiger partial charge < -0.3 is 9.72 Å². The highest BCUT2D eigenvalue weighted by atomic mass is 32.2. The quantitative estimate of drug-likeness (QED) is 0.548. The lowest BCUT2D eigenvalue weighted by atomic mass is 10.0. The monoisotopic (exact) mass is 450 g/mol. The third kappa shape index (κ3) is 4.75. The predicted molar refractivity (Wildman–Crippen MR) is 94.2 cm³/mol. The van der Waals surface area contributed by atoms with Crippen LogP contribution in [0.1, 0.15) is 12.2 Å². The van der Waals surface area contributed by atoms with Gasteiger partial charge in [0.05, 0.1) is 11.4 Å². The normalized spacial score (nSPS) is 12.4. The molecule has 1 aromatic heterocycles. The Morgan fingerprint density at radius 3 is 2.13 bits per heavy atom. The van der Waals surface area contributed by atoms with E-state index in [0.29, 0.717) is 0 Å². The molecule has 0 saturated heterocycles. The summed E-state index contributed by atoms with van der Waals surface area (Å²) in [5.74, 6) is -2.37. The van der Waals surface area contributed by atoms with Gasteiger partial charge in [0.15, 0.2) is 15.7 Å². The van der Waals surface area contributed by atoms with Gasteiger partial charge in [-0.05, 0) is 36.4 Å². The summed E-state index contributed by atoms with van der Waals surface area (Å²) in [6.45, 7) is 0. The maximum Gasteiger partial charge on any atom is 0.573 e. The van der Waals surface area contributed by atoms with Gasteiger partial charge >= 0.3 is 6.36 Å². The third-order valence-electron chi connectivity index (χ3n) is 3.91. The van der Waals surface area contributed by atoms with Gasteiger partial charge in [-0.25, -0.2) is 26.6 Å². The van der Waals surface area contributed by atoms with Gasteiger partial charge in [-0.3, -0.25) is 0 Å². The van der Waals surface area contributed by atoms with E-state index >= 15 is 0 Å². The number of nitrogens with one attached hydrogen (secondary N) is 1. The van der Waals surface area contributed by atoms with E-state index in [0.717, 1.165) is 30.5 Å². The first-order valence-electron chi connectivity index (χ1n) is 8.09. The van der Waals surface area contributed by atoms with Crippen molar-refractivity contribution in [1.29, 1.82) is 0 Å². The highest BCUT2D eigenvalue weighted by Crippen LogP contribution is 2.35. The number of benzene rings is 2. The fourth-order valence-electron chi connectivity index (χ4n) is 2.68. The average Bonchev–Trinajstić information content (AvgIpc) is 3.05. The molecule has 0 aliphatic rings. The van der Waals surface area contributed by atoms with Crippen molar-refractivity contribution < 1.29 is 39.5 Å². The second kappa shape index (κ2) is 7.67. The summed E-state index contributed by atoms with van der Waals surface area (Å²) in [4.78, 5) is 5.52. The topological polar surface area (TPSA) is 72.0 Å². The number of hydrogen-bond donors (Lipinski definition) is 1. The lowest BCUT2D eigenvalue weighted by Crippen LogP contribution is -2.16. The van der Waals surface area contributed by atoms with E-state index in [9.17, 15) is 34.8 Å². The number of aromatic nitrogens is 2. The molecule has 3 rings (SSSR count). The highest BCUT2D eigenvalue weighted by molar-refractivity contribution is 7.90. The molecule has 0 bridgehead atoms. The minimum absolute atomic E-state index is 0.00586. The summed E-state index contributed by atoms with van der Waals surface area (Å²) < 4.78 is 104. The van der Waals surface area contributed by atoms with Crippen molar-refractivity contribution in [2.45, 2.75) is 17.7 Å². The van der Waals surface area contributed by atoms with Crippen molar-refractivity contribution >= 4 is 9.84 Å². The largest absolute Gasteiger partial charge is 0.573 e. The first-order chi connectivity index (χ1) is 13.8. The van der Waals surface area contributed by atoms with E-state index in [1.165, 1.54) is 18.2 Å². The van der Waals surface area contributed by atoms with Crippen molar-refractivity contribution in [2.75, 3.05) is 6.26 Å². The Morgan fingerprint density at radius 1 is 1.03 bits per heavy atom. The first-order valence-corrected chi connectivity index (χ1v) is 9.98. The molecular formula is C18H12F6N2O3S. The molecule has 0 atom stereocenters. The minimum atomic E-state index is -4.90. The van der Waals surface area contributed by atoms with E-state index in [2.05, 4.69) is 14.7 Å². The van der Waals surface area contributed by atoms with E-state index in [1.54, 1.807) is 0 Å². The Labute approximate surface area is 166 Å². The standard InChI is InChI=1S/C18H12F6N2O3S/c1-30(27,28)13-7-4-10(8-12(13)19)15-14(25-17(26-15)16(20)21)9-2-5-11(6-3-9)29-18(22,23)24/h2-8,16H,1H3,(H,25,26). The maximum absolute atomic E-state index is 14.3. The van der Waals surface area contributed by atoms with Gasteiger partial charge in [-0.15, -0.1) is 13.2 Å². The van der Waals surface area contributed by atoms with Crippen LogP contribution in [0.15, 0.2) is 47.4 Å². The molecule has 5 nitrogen and oxygen atoms in total. The number of rotatable bonds is 5. The van der Waals surface area contributed by atoms with Crippen LogP contribution in [0.3, 0.4) is 0 Å². The smallest absolute Gasteiger partial charge is 0.406 e. The SMILES string of the molecule is CS(=O)(=O)c1ccc(-c2nc(C(F)F)[nH]c2-c2ccc(OC(F)(F)F)cc2)cc1F. The number of imidazole rings is 1. The summed E-state index contributed by atoms with van der Waals surface area (Å²) in [7, 11) is -3.85. The Morgan fingerprint density at radius 2 is 1.63 bits per heavy atom. The van der Waals surface area contributed by atoms with Crippen molar-refractivity contribution in [3.8, 4) is 28.3 Å². The average molecular weight is 450 g/mol. The molecule has 0 radical (unpaired) electrons. The molecule has 1 N–H and O–H groups in total. The highest BCUT2D eigenvalue weighted by Gasteiger charge is 2.31. The number of halogens is 6. The number of aromatic amines is 1. The molecule has 30 heavy (non-hydrogen) atoms. The molecule has 3 aromatic rings. The molecule has 160 valence electrons. The van der Waals surface area contributed by atoms with Crippen LogP contribution >= 0.6 is 0 Å².